The van der Waals surface area contributed by atoms with Crippen molar-refractivity contribution in [3.63, 3.8) is 0 Å². The van der Waals surface area contributed by atoms with Crippen molar-refractivity contribution in [2.24, 2.45) is 0 Å². The van der Waals surface area contributed by atoms with Crippen LogP contribution in [0.2, 0.25) is 0 Å². The van der Waals surface area contributed by atoms with E-state index in [1.807, 2.05) is 13.0 Å². The van der Waals surface area contributed by atoms with Crippen LogP contribution in [0.15, 0.2) is 59.5 Å². The predicted octanol–water partition coefficient (Wildman–Crippen LogP) is 4.46. The van der Waals surface area contributed by atoms with Crippen LogP contribution < -0.4 is 14.9 Å². The van der Waals surface area contributed by atoms with Gasteiger partial charge in [-0.3, -0.25) is 4.72 Å². The molecule has 2 heterocycles. The second-order valence-corrected chi connectivity index (χ2v) is 9.19. The molecule has 1 fully saturated rings. The average Bonchev–Trinajstić information content (AvgIpc) is 2.75. The van der Waals surface area contributed by atoms with Gasteiger partial charge in [0.1, 0.15) is 11.6 Å². The SMILES string of the molecule is Cc1cc(Nc2ccc(NS(=O)(=O)c3cccc(F)c3)cc2)nc(N2CCCCC2)n1. The number of rotatable bonds is 6. The minimum atomic E-state index is -3.87. The lowest BCUT2D eigenvalue weighted by Crippen LogP contribution is -2.31. The Morgan fingerprint density at radius 1 is 0.935 bits per heavy atom. The van der Waals surface area contributed by atoms with Crippen LogP contribution >= 0.6 is 0 Å². The maximum Gasteiger partial charge on any atom is 0.261 e. The van der Waals surface area contributed by atoms with Crippen LogP contribution in [0.5, 0.6) is 0 Å². The second kappa shape index (κ2) is 8.89. The highest BCUT2D eigenvalue weighted by Crippen LogP contribution is 2.23. The highest BCUT2D eigenvalue weighted by Gasteiger charge is 2.16. The summed E-state index contributed by atoms with van der Waals surface area (Å²) in [6.45, 7) is 3.86. The van der Waals surface area contributed by atoms with Crippen molar-refractivity contribution < 1.29 is 12.8 Å². The molecular formula is C22H24FN5O2S. The van der Waals surface area contributed by atoms with E-state index in [1.165, 1.54) is 24.6 Å². The van der Waals surface area contributed by atoms with Gasteiger partial charge in [0.15, 0.2) is 0 Å². The molecule has 0 amide bonds. The number of hydrogen-bond donors (Lipinski definition) is 2. The molecule has 2 aromatic carbocycles. The van der Waals surface area contributed by atoms with Crippen LogP contribution in [-0.4, -0.2) is 31.5 Å². The lowest BCUT2D eigenvalue weighted by molar-refractivity contribution is 0.568. The van der Waals surface area contributed by atoms with E-state index in [1.54, 1.807) is 24.3 Å². The van der Waals surface area contributed by atoms with E-state index in [2.05, 4.69) is 24.9 Å². The summed E-state index contributed by atoms with van der Waals surface area (Å²) in [5.41, 5.74) is 2.01. The van der Waals surface area contributed by atoms with Crippen molar-refractivity contribution in [1.82, 2.24) is 9.97 Å². The van der Waals surface area contributed by atoms with Gasteiger partial charge in [-0.2, -0.15) is 4.98 Å². The van der Waals surface area contributed by atoms with Gasteiger partial charge in [-0.1, -0.05) is 6.07 Å². The fourth-order valence-electron chi connectivity index (χ4n) is 3.47. The number of piperidine rings is 1. The number of nitrogens with one attached hydrogen (secondary N) is 2. The summed E-state index contributed by atoms with van der Waals surface area (Å²) >= 11 is 0. The van der Waals surface area contributed by atoms with Gasteiger partial charge in [-0.15, -0.1) is 0 Å². The quantitative estimate of drug-likeness (QED) is 0.587. The Labute approximate surface area is 181 Å². The van der Waals surface area contributed by atoms with E-state index < -0.39 is 15.8 Å². The molecular weight excluding hydrogens is 417 g/mol. The Balaban J connectivity index is 1.47. The lowest BCUT2D eigenvalue weighted by Gasteiger charge is -2.27. The van der Waals surface area contributed by atoms with Crippen molar-refractivity contribution in [1.29, 1.82) is 0 Å². The minimum Gasteiger partial charge on any atom is -0.341 e. The largest absolute Gasteiger partial charge is 0.341 e. The highest BCUT2D eigenvalue weighted by atomic mass is 32.2. The van der Waals surface area contributed by atoms with Gasteiger partial charge in [-0.05, 0) is 68.7 Å². The molecule has 0 aliphatic carbocycles. The van der Waals surface area contributed by atoms with Gasteiger partial charge in [0, 0.05) is 36.2 Å². The van der Waals surface area contributed by atoms with E-state index in [-0.39, 0.29) is 4.90 Å². The van der Waals surface area contributed by atoms with Crippen molar-refractivity contribution >= 4 is 33.2 Å². The molecule has 0 saturated carbocycles. The van der Waals surface area contributed by atoms with Crippen LogP contribution in [0.3, 0.4) is 0 Å². The highest BCUT2D eigenvalue weighted by molar-refractivity contribution is 7.92. The third-order valence-corrected chi connectivity index (χ3v) is 6.38. The van der Waals surface area contributed by atoms with Crippen molar-refractivity contribution in [2.75, 3.05) is 28.0 Å². The van der Waals surface area contributed by atoms with Crippen molar-refractivity contribution in [2.45, 2.75) is 31.1 Å². The first-order valence-corrected chi connectivity index (χ1v) is 11.6. The fourth-order valence-corrected chi connectivity index (χ4v) is 4.56. The Kier molecular flexibility index (Phi) is 6.03. The van der Waals surface area contributed by atoms with Crippen molar-refractivity contribution in [3.05, 3.63) is 66.1 Å². The van der Waals surface area contributed by atoms with Gasteiger partial charge in [-0.25, -0.2) is 17.8 Å². The zero-order valence-electron chi connectivity index (χ0n) is 17.2. The summed E-state index contributed by atoms with van der Waals surface area (Å²) in [6, 6.07) is 13.5. The Hall–Kier alpha value is -3.20. The molecule has 0 unspecified atom stereocenters. The van der Waals surface area contributed by atoms with E-state index in [0.29, 0.717) is 11.5 Å². The van der Waals surface area contributed by atoms with Crippen LogP contribution in [0.4, 0.5) is 27.5 Å². The van der Waals surface area contributed by atoms with Gasteiger partial charge < -0.3 is 10.2 Å². The minimum absolute atomic E-state index is 0.128. The number of benzene rings is 2. The lowest BCUT2D eigenvalue weighted by atomic mass is 10.1. The molecule has 1 aliphatic heterocycles. The molecule has 1 saturated heterocycles. The molecule has 162 valence electrons. The Morgan fingerprint density at radius 2 is 1.65 bits per heavy atom. The molecule has 0 spiro atoms. The zero-order valence-corrected chi connectivity index (χ0v) is 18.0. The van der Waals surface area contributed by atoms with Gasteiger partial charge in [0.2, 0.25) is 5.95 Å². The number of sulfonamides is 1. The third-order valence-electron chi connectivity index (χ3n) is 5.00. The molecule has 0 bridgehead atoms. The summed E-state index contributed by atoms with van der Waals surface area (Å²) in [6.07, 6.45) is 3.53. The van der Waals surface area contributed by atoms with Gasteiger partial charge >= 0.3 is 0 Å². The smallest absolute Gasteiger partial charge is 0.261 e. The number of aryl methyl sites for hydroxylation is 1. The first-order valence-electron chi connectivity index (χ1n) is 10.2. The molecule has 0 radical (unpaired) electrons. The summed E-state index contributed by atoms with van der Waals surface area (Å²) in [4.78, 5) is 11.3. The molecule has 9 heteroatoms. The molecule has 2 N–H and O–H groups in total. The van der Waals surface area contributed by atoms with E-state index in [9.17, 15) is 12.8 Å². The zero-order chi connectivity index (χ0) is 21.8. The Bertz CT molecular complexity index is 1160. The molecule has 7 nitrogen and oxygen atoms in total. The number of hydrogen-bond acceptors (Lipinski definition) is 6. The van der Waals surface area contributed by atoms with E-state index in [4.69, 9.17) is 0 Å². The second-order valence-electron chi connectivity index (χ2n) is 7.51. The summed E-state index contributed by atoms with van der Waals surface area (Å²) in [7, 11) is -3.87. The third kappa shape index (κ3) is 5.29. The molecule has 1 aliphatic rings. The van der Waals surface area contributed by atoms with Crippen LogP contribution in [0.25, 0.3) is 0 Å². The summed E-state index contributed by atoms with van der Waals surface area (Å²) in [5, 5.41) is 3.25. The number of aromatic nitrogens is 2. The summed E-state index contributed by atoms with van der Waals surface area (Å²) < 4.78 is 40.7. The predicted molar refractivity (Wildman–Crippen MR) is 120 cm³/mol. The van der Waals surface area contributed by atoms with Gasteiger partial charge in [0.25, 0.3) is 10.0 Å². The van der Waals surface area contributed by atoms with Crippen molar-refractivity contribution in [3.8, 4) is 0 Å². The number of halogens is 1. The first kappa shape index (κ1) is 21.0. The van der Waals surface area contributed by atoms with E-state index >= 15 is 0 Å². The first-order chi connectivity index (χ1) is 14.9. The monoisotopic (exact) mass is 441 g/mol. The number of nitrogens with zero attached hydrogens (tertiary/aromatic N) is 3. The topological polar surface area (TPSA) is 87.2 Å². The maximum atomic E-state index is 13.4. The average molecular weight is 442 g/mol. The molecule has 1 aromatic heterocycles. The molecule has 3 aromatic rings. The van der Waals surface area contributed by atoms with Gasteiger partial charge in [0.05, 0.1) is 4.90 Å². The maximum absolute atomic E-state index is 13.4. The molecule has 31 heavy (non-hydrogen) atoms. The van der Waals surface area contributed by atoms with Crippen LogP contribution in [0.1, 0.15) is 25.0 Å². The molecule has 4 rings (SSSR count). The number of anilines is 4. The normalized spacial score (nSPS) is 14.3. The molecule has 0 atom stereocenters. The van der Waals surface area contributed by atoms with E-state index in [0.717, 1.165) is 49.3 Å². The standard InChI is InChI=1S/C22H24FN5O2S/c1-16-14-21(26-22(24-16)28-12-3-2-4-13-28)25-18-8-10-19(11-9-18)27-31(29,30)20-7-5-6-17(23)15-20/h5-11,14-15,27H,2-4,12-13H2,1H3,(H,24,25,26). The fraction of sp³-hybridized carbons (Fsp3) is 0.273. The van der Waals surface area contributed by atoms with Crippen LogP contribution in [0, 0.1) is 12.7 Å². The summed E-state index contributed by atoms with van der Waals surface area (Å²) in [5.74, 6) is 0.800. The Morgan fingerprint density at radius 3 is 2.35 bits per heavy atom. The van der Waals surface area contributed by atoms with Crippen LogP contribution in [-0.2, 0) is 10.0 Å².